The van der Waals surface area contributed by atoms with Crippen LogP contribution in [0, 0.1) is 11.7 Å². The van der Waals surface area contributed by atoms with Crippen LogP contribution in [0.2, 0.25) is 0 Å². The summed E-state index contributed by atoms with van der Waals surface area (Å²) in [7, 11) is 0. The van der Waals surface area contributed by atoms with Crippen LogP contribution in [-0.2, 0) is 4.79 Å². The summed E-state index contributed by atoms with van der Waals surface area (Å²) in [6.07, 6.45) is 1.04. The van der Waals surface area contributed by atoms with Crippen molar-refractivity contribution in [3.8, 4) is 0 Å². The van der Waals surface area contributed by atoms with Gasteiger partial charge >= 0.3 is 0 Å². The van der Waals surface area contributed by atoms with Crippen molar-refractivity contribution in [2.45, 2.75) is 26.7 Å². The second-order valence-corrected chi connectivity index (χ2v) is 4.35. The number of hydrogen-bond donors (Lipinski definition) is 1. The number of nitrogens with zero attached hydrogens (tertiary/aromatic N) is 1. The van der Waals surface area contributed by atoms with Crippen LogP contribution >= 0.6 is 0 Å². The van der Waals surface area contributed by atoms with E-state index in [0.717, 1.165) is 11.3 Å². The number of carbonyl (C=O) groups excluding carboxylic acids is 1. The Balaban J connectivity index is 2.78. The maximum atomic E-state index is 13.5. The SMILES string of the molecule is CC(C)CCC(=O)N(CO)c1ccccc1F. The number of anilines is 1. The first-order valence-corrected chi connectivity index (χ1v) is 5.72. The fourth-order valence-corrected chi connectivity index (χ4v) is 1.51. The molecule has 0 unspecified atom stereocenters. The van der Waals surface area contributed by atoms with Gasteiger partial charge in [-0.25, -0.2) is 4.39 Å². The summed E-state index contributed by atoms with van der Waals surface area (Å²) in [5.74, 6) is -0.356. The Labute approximate surface area is 101 Å². The first kappa shape index (κ1) is 13.6. The smallest absolute Gasteiger partial charge is 0.228 e. The van der Waals surface area contributed by atoms with Gasteiger partial charge in [0, 0.05) is 6.42 Å². The van der Waals surface area contributed by atoms with Gasteiger partial charge in [-0.2, -0.15) is 0 Å². The molecule has 1 aromatic carbocycles. The number of para-hydroxylation sites is 1. The van der Waals surface area contributed by atoms with Crippen LogP contribution in [0.1, 0.15) is 26.7 Å². The normalized spacial score (nSPS) is 10.6. The van der Waals surface area contributed by atoms with Crippen molar-refractivity contribution in [3.63, 3.8) is 0 Å². The third-order valence-electron chi connectivity index (χ3n) is 2.52. The van der Waals surface area contributed by atoms with Gasteiger partial charge in [0.15, 0.2) is 0 Å². The number of amides is 1. The fourth-order valence-electron chi connectivity index (χ4n) is 1.51. The Kier molecular flexibility index (Phi) is 5.10. The van der Waals surface area contributed by atoms with E-state index in [1.807, 2.05) is 13.8 Å². The highest BCUT2D eigenvalue weighted by Crippen LogP contribution is 2.19. The average Bonchev–Trinajstić information content (AvgIpc) is 2.30. The van der Waals surface area contributed by atoms with Crippen molar-refractivity contribution in [3.05, 3.63) is 30.1 Å². The van der Waals surface area contributed by atoms with E-state index in [1.54, 1.807) is 12.1 Å². The first-order chi connectivity index (χ1) is 8.06. The molecule has 1 aromatic rings. The number of carbonyl (C=O) groups is 1. The molecule has 0 heterocycles. The van der Waals surface area contributed by atoms with Crippen LogP contribution in [-0.4, -0.2) is 17.7 Å². The van der Waals surface area contributed by atoms with Crippen molar-refractivity contribution < 1.29 is 14.3 Å². The molecule has 0 radical (unpaired) electrons. The lowest BCUT2D eigenvalue weighted by Gasteiger charge is -2.21. The average molecular weight is 239 g/mol. The zero-order valence-corrected chi connectivity index (χ0v) is 10.2. The van der Waals surface area contributed by atoms with Crippen molar-refractivity contribution in [1.82, 2.24) is 0 Å². The third kappa shape index (κ3) is 3.82. The monoisotopic (exact) mass is 239 g/mol. The summed E-state index contributed by atoms with van der Waals surface area (Å²) in [5, 5.41) is 9.18. The molecule has 0 aliphatic heterocycles. The maximum Gasteiger partial charge on any atom is 0.228 e. The van der Waals surface area contributed by atoms with E-state index >= 15 is 0 Å². The lowest BCUT2D eigenvalue weighted by atomic mass is 10.1. The number of hydrogen-bond acceptors (Lipinski definition) is 2. The minimum absolute atomic E-state index is 0.128. The number of aliphatic hydroxyl groups excluding tert-OH is 1. The molecule has 94 valence electrons. The van der Waals surface area contributed by atoms with Crippen molar-refractivity contribution in [1.29, 1.82) is 0 Å². The van der Waals surface area contributed by atoms with Crippen molar-refractivity contribution in [2.75, 3.05) is 11.6 Å². The predicted octanol–water partition coefficient (Wildman–Crippen LogP) is 2.54. The molecule has 1 N–H and O–H groups in total. The molecule has 0 fully saturated rings. The van der Waals surface area contributed by atoms with E-state index in [4.69, 9.17) is 0 Å². The summed E-state index contributed by atoms with van der Waals surface area (Å²) < 4.78 is 13.5. The van der Waals surface area contributed by atoms with Gasteiger partial charge in [0.05, 0.1) is 5.69 Å². The van der Waals surface area contributed by atoms with Gasteiger partial charge in [0.2, 0.25) is 5.91 Å². The highest BCUT2D eigenvalue weighted by molar-refractivity contribution is 5.93. The third-order valence-corrected chi connectivity index (χ3v) is 2.52. The number of aliphatic hydroxyl groups is 1. The van der Waals surface area contributed by atoms with E-state index < -0.39 is 12.5 Å². The molecule has 0 saturated carbocycles. The minimum atomic E-state index is -0.502. The number of halogens is 1. The summed E-state index contributed by atoms with van der Waals surface area (Å²) in [4.78, 5) is 12.9. The molecular formula is C13H18FNO2. The van der Waals surface area contributed by atoms with Gasteiger partial charge in [0.25, 0.3) is 0 Å². The summed E-state index contributed by atoms with van der Waals surface area (Å²) in [5.41, 5.74) is 0.128. The van der Waals surface area contributed by atoms with Crippen LogP contribution in [0.5, 0.6) is 0 Å². The topological polar surface area (TPSA) is 40.5 Å². The second kappa shape index (κ2) is 6.35. The lowest BCUT2D eigenvalue weighted by molar-refractivity contribution is -0.119. The van der Waals surface area contributed by atoms with Crippen LogP contribution < -0.4 is 4.90 Å². The van der Waals surface area contributed by atoms with Crippen LogP contribution in [0.15, 0.2) is 24.3 Å². The largest absolute Gasteiger partial charge is 0.376 e. The molecular weight excluding hydrogens is 221 g/mol. The predicted molar refractivity (Wildman–Crippen MR) is 65.0 cm³/mol. The Morgan fingerprint density at radius 1 is 1.41 bits per heavy atom. The van der Waals surface area contributed by atoms with E-state index in [9.17, 15) is 14.3 Å². The van der Waals surface area contributed by atoms with Crippen LogP contribution in [0.25, 0.3) is 0 Å². The molecule has 0 atom stereocenters. The van der Waals surface area contributed by atoms with Gasteiger partial charge in [-0.05, 0) is 24.5 Å². The Morgan fingerprint density at radius 2 is 2.06 bits per heavy atom. The summed E-state index contributed by atoms with van der Waals surface area (Å²) in [6, 6.07) is 5.94. The Hall–Kier alpha value is -1.42. The van der Waals surface area contributed by atoms with Crippen LogP contribution in [0.3, 0.4) is 0 Å². The zero-order chi connectivity index (χ0) is 12.8. The van der Waals surface area contributed by atoms with Gasteiger partial charge in [-0.3, -0.25) is 9.69 Å². The summed E-state index contributed by atoms with van der Waals surface area (Å²) in [6.45, 7) is 3.52. The van der Waals surface area contributed by atoms with E-state index in [1.165, 1.54) is 12.1 Å². The molecule has 3 nitrogen and oxygen atoms in total. The number of benzene rings is 1. The van der Waals surface area contributed by atoms with E-state index in [2.05, 4.69) is 0 Å². The van der Waals surface area contributed by atoms with Gasteiger partial charge in [-0.15, -0.1) is 0 Å². The molecule has 1 rings (SSSR count). The highest BCUT2D eigenvalue weighted by atomic mass is 19.1. The van der Waals surface area contributed by atoms with Gasteiger partial charge in [-0.1, -0.05) is 26.0 Å². The molecule has 0 saturated heterocycles. The zero-order valence-electron chi connectivity index (χ0n) is 10.2. The van der Waals surface area contributed by atoms with Crippen molar-refractivity contribution in [2.24, 2.45) is 5.92 Å². The minimum Gasteiger partial charge on any atom is -0.376 e. The Morgan fingerprint density at radius 3 is 2.59 bits per heavy atom. The molecule has 4 heteroatoms. The molecule has 0 spiro atoms. The quantitative estimate of drug-likeness (QED) is 0.802. The molecule has 17 heavy (non-hydrogen) atoms. The molecule has 0 aromatic heterocycles. The second-order valence-electron chi connectivity index (χ2n) is 4.35. The molecule has 0 aliphatic carbocycles. The summed E-state index contributed by atoms with van der Waals surface area (Å²) >= 11 is 0. The number of rotatable bonds is 5. The standard InChI is InChI=1S/C13H18FNO2/c1-10(2)7-8-13(17)15(9-16)12-6-4-3-5-11(12)14/h3-6,10,16H,7-9H2,1-2H3. The van der Waals surface area contributed by atoms with Crippen molar-refractivity contribution >= 4 is 11.6 Å². The fraction of sp³-hybridized carbons (Fsp3) is 0.462. The van der Waals surface area contributed by atoms with E-state index in [0.29, 0.717) is 12.3 Å². The van der Waals surface area contributed by atoms with Gasteiger partial charge in [0.1, 0.15) is 12.5 Å². The van der Waals surface area contributed by atoms with Crippen LogP contribution in [0.4, 0.5) is 10.1 Å². The maximum absolute atomic E-state index is 13.5. The molecule has 1 amide bonds. The Bertz CT molecular complexity index is 379. The molecule has 0 bridgehead atoms. The van der Waals surface area contributed by atoms with Gasteiger partial charge < -0.3 is 5.11 Å². The lowest BCUT2D eigenvalue weighted by Crippen LogP contribution is -2.32. The molecule has 0 aliphatic rings. The highest BCUT2D eigenvalue weighted by Gasteiger charge is 2.17. The first-order valence-electron chi connectivity index (χ1n) is 5.72. The van der Waals surface area contributed by atoms with E-state index in [-0.39, 0.29) is 11.6 Å².